The lowest BCUT2D eigenvalue weighted by molar-refractivity contribution is 0.00578. The largest absolute Gasteiger partial charge is 0.494 e. The Morgan fingerprint density at radius 3 is 1.46 bits per heavy atom. The van der Waals surface area contributed by atoms with Crippen LogP contribution >= 0.6 is 0 Å². The summed E-state index contributed by atoms with van der Waals surface area (Å²) in [5.74, 6) is 0. The lowest BCUT2D eigenvalue weighted by Gasteiger charge is -2.32. The molecule has 0 bridgehead atoms. The highest BCUT2D eigenvalue weighted by Gasteiger charge is 2.56. The van der Waals surface area contributed by atoms with Crippen molar-refractivity contribution in [1.29, 1.82) is 0 Å². The fourth-order valence-corrected chi connectivity index (χ4v) is 3.52. The maximum Gasteiger partial charge on any atom is 0.494 e. The van der Waals surface area contributed by atoms with Crippen LogP contribution in [0.4, 0.5) is 0 Å². The van der Waals surface area contributed by atoms with Gasteiger partial charge in [-0.1, -0.05) is 37.3 Å². The highest BCUT2D eigenvalue weighted by molar-refractivity contribution is 6.74. The van der Waals surface area contributed by atoms with Gasteiger partial charge in [0.1, 0.15) is 0 Å². The summed E-state index contributed by atoms with van der Waals surface area (Å²) in [5, 5.41) is 0. The molecule has 2 heterocycles. The highest BCUT2D eigenvalue weighted by atomic mass is 16.7. The fraction of sp³-hybridized carbons (Fsp3) is 0.636. The zero-order chi connectivity index (χ0) is 21.0. The predicted molar refractivity (Wildman–Crippen MR) is 116 cm³/mol. The molecule has 2 aliphatic heterocycles. The summed E-state index contributed by atoms with van der Waals surface area (Å²) in [4.78, 5) is 0. The van der Waals surface area contributed by atoms with Crippen LogP contribution in [0.3, 0.4) is 0 Å². The van der Waals surface area contributed by atoms with Gasteiger partial charge in [-0.2, -0.15) is 0 Å². The Labute approximate surface area is 171 Å². The van der Waals surface area contributed by atoms with Crippen molar-refractivity contribution in [1.82, 2.24) is 0 Å². The van der Waals surface area contributed by atoms with Crippen molar-refractivity contribution in [2.75, 3.05) is 0 Å². The lowest BCUT2D eigenvalue weighted by Crippen LogP contribution is -2.41. The van der Waals surface area contributed by atoms with Crippen LogP contribution in [0.15, 0.2) is 35.8 Å². The van der Waals surface area contributed by atoms with Crippen LogP contribution in [0.5, 0.6) is 0 Å². The second-order valence-electron chi connectivity index (χ2n) is 9.83. The van der Waals surface area contributed by atoms with E-state index < -0.39 is 36.6 Å². The third kappa shape index (κ3) is 3.60. The van der Waals surface area contributed by atoms with E-state index >= 15 is 0 Å². The monoisotopic (exact) mass is 384 g/mol. The normalized spacial score (nSPS) is 25.8. The van der Waals surface area contributed by atoms with Gasteiger partial charge in [0.15, 0.2) is 0 Å². The molecule has 0 aromatic heterocycles. The summed E-state index contributed by atoms with van der Waals surface area (Å²) in [6, 6.07) is 10.3. The number of benzene rings is 1. The molecule has 152 valence electrons. The van der Waals surface area contributed by atoms with E-state index in [1.165, 1.54) is 0 Å². The van der Waals surface area contributed by atoms with Gasteiger partial charge in [-0.05, 0) is 78.3 Å². The molecular weight excluding hydrogens is 350 g/mol. The summed E-state index contributed by atoms with van der Waals surface area (Å²) < 4.78 is 25.7. The van der Waals surface area contributed by atoms with Crippen molar-refractivity contribution in [2.45, 2.75) is 91.1 Å². The fourth-order valence-electron chi connectivity index (χ4n) is 3.52. The third-order valence-corrected chi connectivity index (χ3v) is 6.84. The molecule has 3 rings (SSSR count). The van der Waals surface area contributed by atoms with E-state index in [4.69, 9.17) is 18.6 Å². The Balaban J connectivity index is 2.11. The molecule has 6 heteroatoms. The number of hydrogen-bond acceptors (Lipinski definition) is 4. The first kappa shape index (κ1) is 21.6. The smallest absolute Gasteiger partial charge is 0.400 e. The van der Waals surface area contributed by atoms with Crippen molar-refractivity contribution in [3.8, 4) is 0 Å². The van der Waals surface area contributed by atoms with E-state index in [0.717, 1.165) is 22.9 Å². The summed E-state index contributed by atoms with van der Waals surface area (Å²) in [5.41, 5.74) is 1.56. The molecule has 0 aliphatic carbocycles. The first-order valence-electron chi connectivity index (χ1n) is 10.3. The van der Waals surface area contributed by atoms with Gasteiger partial charge in [-0.3, -0.25) is 0 Å². The van der Waals surface area contributed by atoms with Crippen molar-refractivity contribution in [3.63, 3.8) is 0 Å². The topological polar surface area (TPSA) is 36.9 Å². The van der Waals surface area contributed by atoms with Crippen molar-refractivity contribution < 1.29 is 18.6 Å². The number of hydrogen-bond donors (Lipinski definition) is 0. The summed E-state index contributed by atoms with van der Waals surface area (Å²) in [7, 11) is -0.898. The average molecular weight is 384 g/mol. The van der Waals surface area contributed by atoms with Gasteiger partial charge in [0, 0.05) is 0 Å². The maximum absolute atomic E-state index is 6.44. The minimum absolute atomic E-state index is 0.393. The van der Waals surface area contributed by atoms with E-state index in [9.17, 15) is 0 Å². The minimum Gasteiger partial charge on any atom is -0.400 e. The van der Waals surface area contributed by atoms with Crippen LogP contribution in [0.2, 0.25) is 0 Å². The Morgan fingerprint density at radius 1 is 0.679 bits per heavy atom. The van der Waals surface area contributed by atoms with Crippen molar-refractivity contribution in [2.24, 2.45) is 0 Å². The van der Waals surface area contributed by atoms with Crippen LogP contribution in [0.1, 0.15) is 74.3 Å². The molecule has 1 aromatic carbocycles. The number of allylic oxidation sites excluding steroid dienone is 1. The molecule has 0 atom stereocenters. The quantitative estimate of drug-likeness (QED) is 0.676. The van der Waals surface area contributed by atoms with Gasteiger partial charge in [0.25, 0.3) is 0 Å². The first-order valence-corrected chi connectivity index (χ1v) is 10.3. The van der Waals surface area contributed by atoms with Gasteiger partial charge >= 0.3 is 14.2 Å². The van der Waals surface area contributed by atoms with Crippen LogP contribution in [0, 0.1) is 0 Å². The molecule has 1 aromatic rings. The van der Waals surface area contributed by atoms with Crippen molar-refractivity contribution in [3.05, 3.63) is 41.4 Å². The van der Waals surface area contributed by atoms with E-state index in [-0.39, 0.29) is 0 Å². The van der Waals surface area contributed by atoms with E-state index in [1.807, 2.05) is 18.2 Å². The van der Waals surface area contributed by atoms with Gasteiger partial charge < -0.3 is 18.6 Å². The predicted octanol–water partition coefficient (Wildman–Crippen LogP) is 5.11. The highest BCUT2D eigenvalue weighted by Crippen LogP contribution is 2.44. The van der Waals surface area contributed by atoms with E-state index in [0.29, 0.717) is 0 Å². The zero-order valence-electron chi connectivity index (χ0n) is 18.9. The molecule has 0 spiro atoms. The third-order valence-electron chi connectivity index (χ3n) is 6.84. The molecule has 2 fully saturated rings. The van der Waals surface area contributed by atoms with Crippen LogP contribution < -0.4 is 0 Å². The van der Waals surface area contributed by atoms with Crippen molar-refractivity contribution >= 4 is 19.7 Å². The minimum atomic E-state index is -0.471. The molecule has 0 saturated carbocycles. The Morgan fingerprint density at radius 2 is 1.07 bits per heavy atom. The Bertz CT molecular complexity index is 721. The Hall–Kier alpha value is -1.07. The summed E-state index contributed by atoms with van der Waals surface area (Å²) >= 11 is 0. The second kappa shape index (κ2) is 7.02. The zero-order valence-corrected chi connectivity index (χ0v) is 18.9. The molecule has 2 saturated heterocycles. The molecule has 0 radical (unpaired) electrons. The molecule has 4 nitrogen and oxygen atoms in total. The van der Waals surface area contributed by atoms with Crippen LogP contribution in [-0.4, -0.2) is 36.6 Å². The number of rotatable bonds is 4. The molecule has 0 N–H and O–H groups in total. The average Bonchev–Trinajstić information content (AvgIpc) is 2.92. The van der Waals surface area contributed by atoms with E-state index in [2.05, 4.69) is 74.4 Å². The summed E-state index contributed by atoms with van der Waals surface area (Å²) in [6.07, 6.45) is 0.783. The SMILES string of the molecule is CCC(B1OC(C)(C)C(C)(C)O1)=C(B1OC(C)(C)C(C)(C)O1)c1ccccc1. The first-order chi connectivity index (χ1) is 12.8. The molecule has 28 heavy (non-hydrogen) atoms. The van der Waals surface area contributed by atoms with E-state index in [1.54, 1.807) is 0 Å². The molecule has 0 unspecified atom stereocenters. The molecular formula is C22H34B2O4. The molecule has 0 amide bonds. The van der Waals surface area contributed by atoms with Gasteiger partial charge in [0.05, 0.1) is 22.4 Å². The second-order valence-corrected chi connectivity index (χ2v) is 9.83. The van der Waals surface area contributed by atoms with Gasteiger partial charge in [0.2, 0.25) is 0 Å². The molecule has 2 aliphatic rings. The van der Waals surface area contributed by atoms with Gasteiger partial charge in [-0.15, -0.1) is 0 Å². The lowest BCUT2D eigenvalue weighted by atomic mass is 9.61. The standard InChI is InChI=1S/C22H34B2O4/c1-10-17(23-25-19(2,3)20(4,5)26-23)18(16-14-12-11-13-15-16)24-27-21(6,7)22(8,9)28-24/h11-15H,10H2,1-9H3. The van der Waals surface area contributed by atoms with Crippen LogP contribution in [-0.2, 0) is 18.6 Å². The Kier molecular flexibility index (Phi) is 5.42. The van der Waals surface area contributed by atoms with Gasteiger partial charge in [-0.25, -0.2) is 0 Å². The summed E-state index contributed by atoms with van der Waals surface area (Å²) in [6.45, 7) is 18.8. The van der Waals surface area contributed by atoms with Crippen LogP contribution in [0.25, 0.3) is 5.47 Å². The maximum atomic E-state index is 6.44.